The lowest BCUT2D eigenvalue weighted by molar-refractivity contribution is -0.133. The van der Waals surface area contributed by atoms with Gasteiger partial charge < -0.3 is 19.7 Å². The number of halogens is 1. The monoisotopic (exact) mass is 252 g/mol. The minimum absolute atomic E-state index is 0. The van der Waals surface area contributed by atoms with Crippen molar-refractivity contribution < 1.29 is 14.3 Å². The SMILES string of the molecule is COCCOCCC(=O)N1CCNCC1.Cl. The largest absolute Gasteiger partial charge is 0.382 e. The number of amides is 1. The third-order valence-corrected chi connectivity index (χ3v) is 2.36. The summed E-state index contributed by atoms with van der Waals surface area (Å²) in [6.45, 7) is 5.07. The Kier molecular flexibility index (Phi) is 9.62. The molecule has 0 aliphatic carbocycles. The summed E-state index contributed by atoms with van der Waals surface area (Å²) in [5.74, 6) is 0.189. The highest BCUT2D eigenvalue weighted by Gasteiger charge is 2.15. The molecule has 0 bridgehead atoms. The van der Waals surface area contributed by atoms with Crippen molar-refractivity contribution in [2.75, 3.05) is 53.1 Å². The number of carbonyl (C=O) groups excluding carboxylic acids is 1. The van der Waals surface area contributed by atoms with E-state index in [1.165, 1.54) is 0 Å². The number of hydrogen-bond acceptors (Lipinski definition) is 4. The maximum Gasteiger partial charge on any atom is 0.224 e. The molecule has 0 atom stereocenters. The molecule has 96 valence electrons. The number of nitrogens with one attached hydrogen (secondary N) is 1. The summed E-state index contributed by atoms with van der Waals surface area (Å²) in [5, 5.41) is 3.21. The van der Waals surface area contributed by atoms with Crippen LogP contribution in [0.5, 0.6) is 0 Å². The molecule has 0 aromatic heterocycles. The second-order valence-corrected chi connectivity index (χ2v) is 3.49. The summed E-state index contributed by atoms with van der Waals surface area (Å²) in [7, 11) is 1.63. The Labute approximate surface area is 103 Å². The van der Waals surface area contributed by atoms with Gasteiger partial charge in [0.25, 0.3) is 0 Å². The van der Waals surface area contributed by atoms with Crippen LogP contribution in [0, 0.1) is 0 Å². The molecule has 0 saturated carbocycles. The molecule has 1 aliphatic rings. The van der Waals surface area contributed by atoms with Crippen LogP contribution in [-0.2, 0) is 14.3 Å². The first-order chi connectivity index (χ1) is 7.34. The highest BCUT2D eigenvalue weighted by molar-refractivity contribution is 5.85. The van der Waals surface area contributed by atoms with Crippen LogP contribution in [0.2, 0.25) is 0 Å². The number of hydrogen-bond donors (Lipinski definition) is 1. The van der Waals surface area contributed by atoms with Gasteiger partial charge in [0, 0.05) is 33.3 Å². The second kappa shape index (κ2) is 9.84. The maximum atomic E-state index is 11.6. The van der Waals surface area contributed by atoms with Gasteiger partial charge in [0.1, 0.15) is 0 Å². The average Bonchev–Trinajstić information content (AvgIpc) is 2.30. The van der Waals surface area contributed by atoms with Gasteiger partial charge >= 0.3 is 0 Å². The summed E-state index contributed by atoms with van der Waals surface area (Å²) in [5.41, 5.74) is 0. The van der Waals surface area contributed by atoms with Gasteiger partial charge in [0.15, 0.2) is 0 Å². The third kappa shape index (κ3) is 6.27. The van der Waals surface area contributed by atoms with Gasteiger partial charge in [0.05, 0.1) is 26.2 Å². The van der Waals surface area contributed by atoms with Crippen molar-refractivity contribution in [2.24, 2.45) is 0 Å². The van der Waals surface area contributed by atoms with Crippen molar-refractivity contribution in [1.82, 2.24) is 10.2 Å². The number of ether oxygens (including phenoxy) is 2. The predicted molar refractivity (Wildman–Crippen MR) is 64.0 cm³/mol. The first kappa shape index (κ1) is 15.6. The molecule has 0 aromatic rings. The molecular formula is C10H21ClN2O3. The van der Waals surface area contributed by atoms with Crippen LogP contribution in [0.1, 0.15) is 6.42 Å². The quantitative estimate of drug-likeness (QED) is 0.671. The molecule has 0 spiro atoms. The maximum absolute atomic E-state index is 11.6. The van der Waals surface area contributed by atoms with Crippen LogP contribution < -0.4 is 5.32 Å². The van der Waals surface area contributed by atoms with Crippen LogP contribution in [0.4, 0.5) is 0 Å². The first-order valence-corrected chi connectivity index (χ1v) is 5.40. The smallest absolute Gasteiger partial charge is 0.224 e. The number of methoxy groups -OCH3 is 1. The number of rotatable bonds is 6. The minimum atomic E-state index is 0. The zero-order valence-electron chi connectivity index (χ0n) is 9.74. The Morgan fingerprint density at radius 2 is 1.94 bits per heavy atom. The average molecular weight is 253 g/mol. The summed E-state index contributed by atoms with van der Waals surface area (Å²) < 4.78 is 10.1. The van der Waals surface area contributed by atoms with Crippen LogP contribution in [0.15, 0.2) is 0 Å². The Morgan fingerprint density at radius 1 is 1.25 bits per heavy atom. The van der Waals surface area contributed by atoms with Crippen molar-refractivity contribution in [3.63, 3.8) is 0 Å². The highest BCUT2D eigenvalue weighted by Crippen LogP contribution is 1.97. The van der Waals surface area contributed by atoms with E-state index in [0.29, 0.717) is 26.2 Å². The zero-order valence-corrected chi connectivity index (χ0v) is 10.6. The van der Waals surface area contributed by atoms with Crippen LogP contribution in [-0.4, -0.2) is 63.9 Å². The molecule has 6 heteroatoms. The summed E-state index contributed by atoms with van der Waals surface area (Å²) >= 11 is 0. The molecule has 0 radical (unpaired) electrons. The van der Waals surface area contributed by atoms with Gasteiger partial charge in [-0.15, -0.1) is 12.4 Å². The van der Waals surface area contributed by atoms with Gasteiger partial charge in [-0.05, 0) is 0 Å². The number of piperazine rings is 1. The zero-order chi connectivity index (χ0) is 10.9. The number of carbonyl (C=O) groups is 1. The van der Waals surface area contributed by atoms with Crippen molar-refractivity contribution in [3.05, 3.63) is 0 Å². The van der Waals surface area contributed by atoms with Crippen molar-refractivity contribution in [2.45, 2.75) is 6.42 Å². The van der Waals surface area contributed by atoms with E-state index in [4.69, 9.17) is 9.47 Å². The van der Waals surface area contributed by atoms with E-state index in [2.05, 4.69) is 5.32 Å². The van der Waals surface area contributed by atoms with Crippen LogP contribution in [0.25, 0.3) is 0 Å². The van der Waals surface area contributed by atoms with E-state index in [-0.39, 0.29) is 18.3 Å². The fraction of sp³-hybridized carbons (Fsp3) is 0.900. The van der Waals surface area contributed by atoms with Crippen molar-refractivity contribution in [1.29, 1.82) is 0 Å². The predicted octanol–water partition coefficient (Wildman–Crippen LogP) is -0.107. The van der Waals surface area contributed by atoms with E-state index in [1.807, 2.05) is 4.90 Å². The van der Waals surface area contributed by atoms with Gasteiger partial charge in [0.2, 0.25) is 5.91 Å². The molecule has 1 heterocycles. The molecule has 1 N–H and O–H groups in total. The highest BCUT2D eigenvalue weighted by atomic mass is 35.5. The molecule has 16 heavy (non-hydrogen) atoms. The molecule has 0 aromatic carbocycles. The Hall–Kier alpha value is -0.360. The van der Waals surface area contributed by atoms with E-state index < -0.39 is 0 Å². The Morgan fingerprint density at radius 3 is 2.56 bits per heavy atom. The molecular weight excluding hydrogens is 232 g/mol. The van der Waals surface area contributed by atoms with E-state index >= 15 is 0 Å². The first-order valence-electron chi connectivity index (χ1n) is 5.40. The van der Waals surface area contributed by atoms with E-state index in [0.717, 1.165) is 26.2 Å². The lowest BCUT2D eigenvalue weighted by atomic mass is 10.3. The minimum Gasteiger partial charge on any atom is -0.382 e. The van der Waals surface area contributed by atoms with Gasteiger partial charge in [-0.3, -0.25) is 4.79 Å². The molecule has 1 aliphatic heterocycles. The molecule has 1 saturated heterocycles. The van der Waals surface area contributed by atoms with E-state index in [1.54, 1.807) is 7.11 Å². The summed E-state index contributed by atoms with van der Waals surface area (Å²) in [6, 6.07) is 0. The summed E-state index contributed by atoms with van der Waals surface area (Å²) in [6.07, 6.45) is 0.476. The summed E-state index contributed by atoms with van der Waals surface area (Å²) in [4.78, 5) is 13.5. The molecule has 5 nitrogen and oxygen atoms in total. The van der Waals surface area contributed by atoms with Crippen LogP contribution >= 0.6 is 12.4 Å². The van der Waals surface area contributed by atoms with Crippen molar-refractivity contribution in [3.8, 4) is 0 Å². The fourth-order valence-corrected chi connectivity index (χ4v) is 1.48. The third-order valence-electron chi connectivity index (χ3n) is 2.36. The van der Waals surface area contributed by atoms with Gasteiger partial charge in [-0.2, -0.15) is 0 Å². The molecule has 0 unspecified atom stereocenters. The molecule has 1 fully saturated rings. The normalized spacial score (nSPS) is 15.7. The fourth-order valence-electron chi connectivity index (χ4n) is 1.48. The Balaban J connectivity index is 0.00000225. The molecule has 1 amide bonds. The van der Waals surface area contributed by atoms with E-state index in [9.17, 15) is 4.79 Å². The second-order valence-electron chi connectivity index (χ2n) is 3.49. The standard InChI is InChI=1S/C10H20N2O3.ClH/c1-14-8-9-15-7-2-10(13)12-5-3-11-4-6-12;/h11H,2-9H2,1H3;1H. The molecule has 1 rings (SSSR count). The lowest BCUT2D eigenvalue weighted by Gasteiger charge is -2.27. The van der Waals surface area contributed by atoms with Crippen molar-refractivity contribution >= 4 is 18.3 Å². The Bertz CT molecular complexity index is 187. The van der Waals surface area contributed by atoms with Gasteiger partial charge in [-0.25, -0.2) is 0 Å². The van der Waals surface area contributed by atoms with Crippen LogP contribution in [0.3, 0.4) is 0 Å². The topological polar surface area (TPSA) is 50.8 Å². The van der Waals surface area contributed by atoms with Gasteiger partial charge in [-0.1, -0.05) is 0 Å². The lowest BCUT2D eigenvalue weighted by Crippen LogP contribution is -2.46. The number of nitrogens with zero attached hydrogens (tertiary/aromatic N) is 1.